The van der Waals surface area contributed by atoms with Crippen molar-refractivity contribution in [3.8, 4) is 0 Å². The molecular formula is C14H29N. The average Bonchev–Trinajstić information content (AvgIpc) is 2.43. The van der Waals surface area contributed by atoms with E-state index in [-0.39, 0.29) is 0 Å². The number of hydrogen-bond acceptors (Lipinski definition) is 1. The fraction of sp³-hybridized carbons (Fsp3) is 1.00. The molecule has 0 unspecified atom stereocenters. The van der Waals surface area contributed by atoms with Gasteiger partial charge in [-0.05, 0) is 24.2 Å². The van der Waals surface area contributed by atoms with Crippen LogP contribution in [0.1, 0.15) is 66.2 Å². The predicted molar refractivity (Wildman–Crippen MR) is 68.1 cm³/mol. The topological polar surface area (TPSA) is 12.0 Å². The van der Waals surface area contributed by atoms with Crippen LogP contribution >= 0.6 is 0 Å². The first-order valence-corrected chi connectivity index (χ1v) is 6.76. The summed E-state index contributed by atoms with van der Waals surface area (Å²) < 4.78 is 0. The summed E-state index contributed by atoms with van der Waals surface area (Å²) in [4.78, 5) is 0. The summed E-state index contributed by atoms with van der Waals surface area (Å²) in [7, 11) is 0. The lowest BCUT2D eigenvalue weighted by Gasteiger charge is -2.35. The van der Waals surface area contributed by atoms with Crippen molar-refractivity contribution in [2.24, 2.45) is 11.3 Å². The van der Waals surface area contributed by atoms with E-state index in [0.717, 1.165) is 5.92 Å². The first-order chi connectivity index (χ1) is 7.02. The van der Waals surface area contributed by atoms with Gasteiger partial charge in [0.15, 0.2) is 0 Å². The van der Waals surface area contributed by atoms with Crippen molar-refractivity contribution in [2.75, 3.05) is 6.54 Å². The molecule has 0 aromatic heterocycles. The van der Waals surface area contributed by atoms with Crippen LogP contribution in [0.15, 0.2) is 0 Å². The van der Waals surface area contributed by atoms with Crippen molar-refractivity contribution in [3.05, 3.63) is 0 Å². The molecular weight excluding hydrogens is 182 g/mol. The van der Waals surface area contributed by atoms with Gasteiger partial charge in [-0.25, -0.2) is 0 Å². The molecule has 1 heteroatoms. The second-order valence-corrected chi connectivity index (χ2v) is 6.21. The summed E-state index contributed by atoms with van der Waals surface area (Å²) in [6, 6.07) is 0.620. The molecule has 1 saturated carbocycles. The Morgan fingerprint density at radius 3 is 2.07 bits per heavy atom. The van der Waals surface area contributed by atoms with Gasteiger partial charge in [0.2, 0.25) is 0 Å². The molecule has 0 aromatic carbocycles. The van der Waals surface area contributed by atoms with Gasteiger partial charge in [0, 0.05) is 12.6 Å². The lowest BCUT2D eigenvalue weighted by molar-refractivity contribution is 0.179. The molecule has 1 aliphatic rings. The molecule has 0 aromatic rings. The van der Waals surface area contributed by atoms with Crippen LogP contribution in [-0.2, 0) is 0 Å². The second-order valence-electron chi connectivity index (χ2n) is 6.21. The highest BCUT2D eigenvalue weighted by Gasteiger charge is 2.29. The summed E-state index contributed by atoms with van der Waals surface area (Å²) >= 11 is 0. The van der Waals surface area contributed by atoms with Gasteiger partial charge in [0.05, 0.1) is 0 Å². The monoisotopic (exact) mass is 211 g/mol. The molecule has 1 N–H and O–H groups in total. The molecule has 1 fully saturated rings. The Kier molecular flexibility index (Phi) is 5.11. The van der Waals surface area contributed by atoms with Gasteiger partial charge in [0.1, 0.15) is 0 Å². The smallest absolute Gasteiger partial charge is 0.00106 e. The van der Waals surface area contributed by atoms with Gasteiger partial charge in [-0.1, -0.05) is 53.4 Å². The van der Waals surface area contributed by atoms with E-state index < -0.39 is 0 Å². The van der Waals surface area contributed by atoms with E-state index in [0.29, 0.717) is 11.5 Å². The van der Waals surface area contributed by atoms with E-state index in [4.69, 9.17) is 0 Å². The van der Waals surface area contributed by atoms with Crippen molar-refractivity contribution < 1.29 is 0 Å². The van der Waals surface area contributed by atoms with Gasteiger partial charge < -0.3 is 5.32 Å². The molecule has 0 spiro atoms. The zero-order chi connectivity index (χ0) is 11.3. The van der Waals surface area contributed by atoms with Crippen molar-refractivity contribution in [3.63, 3.8) is 0 Å². The predicted octanol–water partition coefficient (Wildman–Crippen LogP) is 3.98. The van der Waals surface area contributed by atoms with Crippen LogP contribution in [0.25, 0.3) is 0 Å². The van der Waals surface area contributed by atoms with Crippen molar-refractivity contribution in [2.45, 2.75) is 72.3 Å². The Bertz CT molecular complexity index is 164. The molecule has 0 atom stereocenters. The number of hydrogen-bond donors (Lipinski definition) is 1. The molecule has 1 nitrogen and oxygen atoms in total. The Labute approximate surface area is 96.0 Å². The van der Waals surface area contributed by atoms with E-state index in [1.54, 1.807) is 0 Å². The van der Waals surface area contributed by atoms with Crippen LogP contribution in [-0.4, -0.2) is 12.6 Å². The van der Waals surface area contributed by atoms with Gasteiger partial charge in [0.25, 0.3) is 0 Å². The zero-order valence-electron chi connectivity index (χ0n) is 11.1. The number of nitrogens with one attached hydrogen (secondary N) is 1. The van der Waals surface area contributed by atoms with Gasteiger partial charge in [-0.2, -0.15) is 0 Å². The largest absolute Gasteiger partial charge is 0.314 e. The molecule has 0 saturated heterocycles. The lowest BCUT2D eigenvalue weighted by atomic mass is 9.74. The Morgan fingerprint density at radius 2 is 1.60 bits per heavy atom. The highest BCUT2D eigenvalue weighted by Crippen LogP contribution is 2.36. The summed E-state index contributed by atoms with van der Waals surface area (Å²) in [5, 5.41) is 3.60. The molecule has 15 heavy (non-hydrogen) atoms. The molecule has 0 bridgehead atoms. The lowest BCUT2D eigenvalue weighted by Crippen LogP contribution is -2.38. The molecule has 0 radical (unpaired) electrons. The Hall–Kier alpha value is -0.0400. The minimum absolute atomic E-state index is 0.481. The third-order valence-corrected chi connectivity index (χ3v) is 3.93. The van der Waals surface area contributed by atoms with Crippen LogP contribution in [0.5, 0.6) is 0 Å². The maximum Gasteiger partial charge on any atom is 0.00106 e. The van der Waals surface area contributed by atoms with Crippen LogP contribution in [0.3, 0.4) is 0 Å². The minimum Gasteiger partial charge on any atom is -0.314 e. The van der Waals surface area contributed by atoms with Gasteiger partial charge in [-0.3, -0.25) is 0 Å². The standard InChI is InChI=1S/C14H29N/c1-12(2)15-11-14(3,4)13-9-7-5-6-8-10-13/h12-13,15H,5-11H2,1-4H3. The third-order valence-electron chi connectivity index (χ3n) is 3.93. The molecule has 1 aliphatic carbocycles. The van der Waals surface area contributed by atoms with E-state index >= 15 is 0 Å². The summed E-state index contributed by atoms with van der Waals surface area (Å²) in [6.45, 7) is 10.5. The zero-order valence-corrected chi connectivity index (χ0v) is 11.1. The van der Waals surface area contributed by atoms with E-state index in [9.17, 15) is 0 Å². The SMILES string of the molecule is CC(C)NCC(C)(C)C1CCCCCC1. The van der Waals surface area contributed by atoms with Gasteiger partial charge in [-0.15, -0.1) is 0 Å². The Balaban J connectivity index is 2.42. The first kappa shape index (κ1) is 13.0. The van der Waals surface area contributed by atoms with Gasteiger partial charge >= 0.3 is 0 Å². The van der Waals surface area contributed by atoms with Crippen molar-refractivity contribution in [1.29, 1.82) is 0 Å². The fourth-order valence-electron chi connectivity index (χ4n) is 2.67. The van der Waals surface area contributed by atoms with E-state index in [1.165, 1.54) is 45.1 Å². The molecule has 0 aliphatic heterocycles. The third kappa shape index (κ3) is 4.55. The van der Waals surface area contributed by atoms with Crippen LogP contribution < -0.4 is 5.32 Å². The highest BCUT2D eigenvalue weighted by molar-refractivity contribution is 4.82. The maximum absolute atomic E-state index is 3.60. The molecule has 1 rings (SSSR count). The summed E-state index contributed by atoms with van der Waals surface area (Å²) in [5.74, 6) is 0.936. The summed E-state index contributed by atoms with van der Waals surface area (Å²) in [5.41, 5.74) is 0.481. The van der Waals surface area contributed by atoms with Crippen LogP contribution in [0.2, 0.25) is 0 Å². The van der Waals surface area contributed by atoms with Crippen LogP contribution in [0, 0.1) is 11.3 Å². The van der Waals surface area contributed by atoms with E-state index in [1.807, 2.05) is 0 Å². The second kappa shape index (κ2) is 5.89. The first-order valence-electron chi connectivity index (χ1n) is 6.76. The maximum atomic E-state index is 3.60. The normalized spacial score (nSPS) is 20.6. The average molecular weight is 211 g/mol. The molecule has 0 heterocycles. The van der Waals surface area contributed by atoms with Crippen molar-refractivity contribution >= 4 is 0 Å². The quantitative estimate of drug-likeness (QED) is 0.694. The van der Waals surface area contributed by atoms with E-state index in [2.05, 4.69) is 33.0 Å². The summed E-state index contributed by atoms with van der Waals surface area (Å²) in [6.07, 6.45) is 8.74. The highest BCUT2D eigenvalue weighted by atomic mass is 14.9. The molecule has 0 amide bonds. The number of rotatable bonds is 4. The van der Waals surface area contributed by atoms with Crippen LogP contribution in [0.4, 0.5) is 0 Å². The Morgan fingerprint density at radius 1 is 1.07 bits per heavy atom. The van der Waals surface area contributed by atoms with Crippen molar-refractivity contribution in [1.82, 2.24) is 5.32 Å². The fourth-order valence-corrected chi connectivity index (χ4v) is 2.67. The minimum atomic E-state index is 0.481. The molecule has 90 valence electrons.